The summed E-state index contributed by atoms with van der Waals surface area (Å²) in [6, 6.07) is 0.135. The van der Waals surface area contributed by atoms with E-state index in [0.29, 0.717) is 18.4 Å². The Balaban J connectivity index is 1.48. The number of hydrogen-bond donors (Lipinski definition) is 2. The highest BCUT2D eigenvalue weighted by Crippen LogP contribution is 2.65. The average Bonchev–Trinajstić information content (AvgIpc) is 2.38. The van der Waals surface area contributed by atoms with Gasteiger partial charge in [0, 0.05) is 19.0 Å². The first-order chi connectivity index (χ1) is 9.96. The van der Waals surface area contributed by atoms with Crippen LogP contribution in [0.4, 0.5) is 0 Å². The van der Waals surface area contributed by atoms with Crippen LogP contribution in [0.25, 0.3) is 0 Å². The molecule has 1 aliphatic heterocycles. The minimum atomic E-state index is -0.0969. The van der Waals surface area contributed by atoms with Crippen LogP contribution in [0.3, 0.4) is 0 Å². The van der Waals surface area contributed by atoms with Gasteiger partial charge in [-0.2, -0.15) is 0 Å². The van der Waals surface area contributed by atoms with Gasteiger partial charge < -0.3 is 10.6 Å². The van der Waals surface area contributed by atoms with Gasteiger partial charge in [-0.1, -0.05) is 6.92 Å². The van der Waals surface area contributed by atoms with Crippen molar-refractivity contribution in [2.75, 3.05) is 6.54 Å². The molecule has 4 aliphatic carbocycles. The van der Waals surface area contributed by atoms with E-state index in [0.717, 1.165) is 37.5 Å². The summed E-state index contributed by atoms with van der Waals surface area (Å²) < 4.78 is 0. The van der Waals surface area contributed by atoms with Gasteiger partial charge in [0.15, 0.2) is 0 Å². The Hall–Kier alpha value is -1.06. The number of carbonyl (C=O) groups excluding carboxylic acids is 2. The van der Waals surface area contributed by atoms with Crippen LogP contribution in [0, 0.1) is 22.7 Å². The number of piperidine rings is 1. The quantitative estimate of drug-likeness (QED) is 0.817. The monoisotopic (exact) mass is 290 g/mol. The molecule has 5 rings (SSSR count). The first-order valence-corrected chi connectivity index (χ1v) is 8.54. The Morgan fingerprint density at radius 2 is 1.95 bits per heavy atom. The summed E-state index contributed by atoms with van der Waals surface area (Å²) in [4.78, 5) is 24.2. The van der Waals surface area contributed by atoms with Gasteiger partial charge in [0.2, 0.25) is 11.8 Å². The zero-order valence-electron chi connectivity index (χ0n) is 12.9. The third-order valence-electron chi connectivity index (χ3n) is 6.44. The predicted octanol–water partition coefficient (Wildman–Crippen LogP) is 1.99. The topological polar surface area (TPSA) is 58.2 Å². The molecular formula is C17H26N2O2. The van der Waals surface area contributed by atoms with Gasteiger partial charge in [-0.3, -0.25) is 9.59 Å². The van der Waals surface area contributed by atoms with Crippen LogP contribution in [-0.2, 0) is 9.59 Å². The van der Waals surface area contributed by atoms with Crippen LogP contribution in [-0.4, -0.2) is 24.4 Å². The molecule has 4 heteroatoms. The van der Waals surface area contributed by atoms with E-state index in [1.54, 1.807) is 0 Å². The van der Waals surface area contributed by atoms with Gasteiger partial charge in [0.1, 0.15) is 0 Å². The lowest BCUT2D eigenvalue weighted by Gasteiger charge is -2.60. The van der Waals surface area contributed by atoms with Crippen molar-refractivity contribution in [2.24, 2.45) is 22.7 Å². The lowest BCUT2D eigenvalue weighted by Crippen LogP contribution is -2.59. The smallest absolute Gasteiger partial charge is 0.226 e. The molecule has 4 saturated carbocycles. The van der Waals surface area contributed by atoms with Gasteiger partial charge in [-0.25, -0.2) is 0 Å². The van der Waals surface area contributed by atoms with Crippen LogP contribution < -0.4 is 10.6 Å². The van der Waals surface area contributed by atoms with E-state index in [4.69, 9.17) is 0 Å². The standard InChI is InChI=1S/C17H26N2O2/c1-16-5-11-4-12(6-16)8-17(7-11,10-16)15(21)19-13-2-3-14(20)18-9-13/h11-13H,2-10H2,1H3,(H,18,20)(H,19,21). The van der Waals surface area contributed by atoms with Gasteiger partial charge in [-0.15, -0.1) is 0 Å². The molecule has 2 N–H and O–H groups in total. The molecule has 116 valence electrons. The van der Waals surface area contributed by atoms with E-state index in [2.05, 4.69) is 17.6 Å². The third-order valence-corrected chi connectivity index (χ3v) is 6.44. The van der Waals surface area contributed by atoms with Crippen LogP contribution in [0.15, 0.2) is 0 Å². The molecule has 0 aromatic heterocycles. The first kappa shape index (κ1) is 13.6. The summed E-state index contributed by atoms with van der Waals surface area (Å²) in [5, 5.41) is 6.13. The molecule has 21 heavy (non-hydrogen) atoms. The molecule has 4 bridgehead atoms. The van der Waals surface area contributed by atoms with Gasteiger partial charge in [0.25, 0.3) is 0 Å². The van der Waals surface area contributed by atoms with E-state index < -0.39 is 0 Å². The number of nitrogens with one attached hydrogen (secondary N) is 2. The van der Waals surface area contributed by atoms with Gasteiger partial charge in [-0.05, 0) is 62.2 Å². The largest absolute Gasteiger partial charge is 0.354 e. The number of amides is 2. The van der Waals surface area contributed by atoms with E-state index in [1.165, 1.54) is 19.3 Å². The lowest BCUT2D eigenvalue weighted by molar-refractivity contribution is -0.156. The fourth-order valence-electron chi connectivity index (χ4n) is 6.18. The summed E-state index contributed by atoms with van der Waals surface area (Å²) in [7, 11) is 0. The van der Waals surface area contributed by atoms with E-state index in [1.807, 2.05) is 0 Å². The molecule has 0 aromatic carbocycles. The van der Waals surface area contributed by atoms with Crippen molar-refractivity contribution < 1.29 is 9.59 Å². The molecule has 1 heterocycles. The molecule has 5 fully saturated rings. The summed E-state index contributed by atoms with van der Waals surface area (Å²) in [5.74, 6) is 1.94. The maximum Gasteiger partial charge on any atom is 0.226 e. The third kappa shape index (κ3) is 2.27. The number of rotatable bonds is 2. The van der Waals surface area contributed by atoms with E-state index in [-0.39, 0.29) is 23.3 Å². The Morgan fingerprint density at radius 1 is 1.24 bits per heavy atom. The molecule has 2 amide bonds. The van der Waals surface area contributed by atoms with Crippen LogP contribution >= 0.6 is 0 Å². The summed E-state index contributed by atoms with van der Waals surface area (Å²) in [5.41, 5.74) is 0.308. The molecule has 1 saturated heterocycles. The highest BCUT2D eigenvalue weighted by Gasteiger charge is 2.58. The van der Waals surface area contributed by atoms with Crippen molar-refractivity contribution in [1.82, 2.24) is 10.6 Å². The van der Waals surface area contributed by atoms with E-state index in [9.17, 15) is 9.59 Å². The zero-order valence-corrected chi connectivity index (χ0v) is 12.9. The summed E-state index contributed by atoms with van der Waals surface area (Å²) >= 11 is 0. The fourth-order valence-corrected chi connectivity index (χ4v) is 6.18. The maximum atomic E-state index is 13.0. The van der Waals surface area contributed by atoms with Crippen molar-refractivity contribution in [1.29, 1.82) is 0 Å². The number of hydrogen-bond acceptors (Lipinski definition) is 2. The minimum absolute atomic E-state index is 0.0969. The van der Waals surface area contributed by atoms with Crippen molar-refractivity contribution >= 4 is 11.8 Å². The molecule has 3 unspecified atom stereocenters. The summed E-state index contributed by atoms with van der Waals surface area (Å²) in [6.07, 6.45) is 8.63. The van der Waals surface area contributed by atoms with Gasteiger partial charge >= 0.3 is 0 Å². The average molecular weight is 290 g/mol. The fraction of sp³-hybridized carbons (Fsp3) is 0.882. The summed E-state index contributed by atoms with van der Waals surface area (Å²) in [6.45, 7) is 3.00. The van der Waals surface area contributed by atoms with Crippen molar-refractivity contribution in [3.05, 3.63) is 0 Å². The van der Waals surface area contributed by atoms with Crippen LogP contribution in [0.1, 0.15) is 58.3 Å². The molecule has 0 radical (unpaired) electrons. The SMILES string of the molecule is CC12CC3CC(C1)CC(C(=O)NC1CCC(=O)NC1)(C3)C2. The Kier molecular flexibility index (Phi) is 2.89. The normalized spacial score (nSPS) is 48.0. The molecular weight excluding hydrogens is 264 g/mol. The Labute approximate surface area is 126 Å². The zero-order chi connectivity index (χ0) is 14.7. The highest BCUT2D eigenvalue weighted by atomic mass is 16.2. The lowest BCUT2D eigenvalue weighted by atomic mass is 9.44. The van der Waals surface area contributed by atoms with Crippen LogP contribution in [0.2, 0.25) is 0 Å². The van der Waals surface area contributed by atoms with Gasteiger partial charge in [0.05, 0.1) is 5.41 Å². The number of carbonyl (C=O) groups is 2. The second kappa shape index (κ2) is 4.47. The van der Waals surface area contributed by atoms with E-state index >= 15 is 0 Å². The molecule has 0 aromatic rings. The van der Waals surface area contributed by atoms with Crippen LogP contribution in [0.5, 0.6) is 0 Å². The van der Waals surface area contributed by atoms with Crippen molar-refractivity contribution in [3.8, 4) is 0 Å². The molecule has 3 atom stereocenters. The predicted molar refractivity (Wildman–Crippen MR) is 79.4 cm³/mol. The molecule has 5 aliphatic rings. The minimum Gasteiger partial charge on any atom is -0.354 e. The second-order valence-corrected chi connectivity index (χ2v) is 8.57. The van der Waals surface area contributed by atoms with Crippen molar-refractivity contribution in [3.63, 3.8) is 0 Å². The van der Waals surface area contributed by atoms with Crippen molar-refractivity contribution in [2.45, 2.75) is 64.3 Å². The maximum absolute atomic E-state index is 13.0. The molecule has 4 nitrogen and oxygen atoms in total. The first-order valence-electron chi connectivity index (χ1n) is 8.54. The Bertz CT molecular complexity index is 463. The Morgan fingerprint density at radius 3 is 2.52 bits per heavy atom. The second-order valence-electron chi connectivity index (χ2n) is 8.57. The molecule has 0 spiro atoms. The highest BCUT2D eigenvalue weighted by molar-refractivity contribution is 5.84.